The van der Waals surface area contributed by atoms with E-state index in [9.17, 15) is 0 Å². The Hall–Kier alpha value is -0.520. The predicted molar refractivity (Wildman–Crippen MR) is 68.9 cm³/mol. The third-order valence-corrected chi connectivity index (χ3v) is 3.36. The Morgan fingerprint density at radius 2 is 2.19 bits per heavy atom. The molecule has 0 aliphatic carbocycles. The molecule has 0 unspecified atom stereocenters. The Kier molecular flexibility index (Phi) is 5.87. The van der Waals surface area contributed by atoms with Crippen molar-refractivity contribution in [3.63, 3.8) is 0 Å². The van der Waals surface area contributed by atoms with Crippen LogP contribution in [0.1, 0.15) is 37.3 Å². The SMILES string of the molecule is CCN(C)CCNCc1snnc1C(C)C. The molecule has 1 heterocycles. The molecule has 0 saturated heterocycles. The third-order valence-electron chi connectivity index (χ3n) is 2.63. The highest BCUT2D eigenvalue weighted by Gasteiger charge is 2.10. The zero-order valence-corrected chi connectivity index (χ0v) is 11.5. The van der Waals surface area contributed by atoms with Crippen LogP contribution in [0.3, 0.4) is 0 Å². The van der Waals surface area contributed by atoms with Crippen LogP contribution >= 0.6 is 11.5 Å². The van der Waals surface area contributed by atoms with E-state index in [4.69, 9.17) is 0 Å². The van der Waals surface area contributed by atoms with E-state index >= 15 is 0 Å². The number of nitrogens with zero attached hydrogens (tertiary/aromatic N) is 3. The van der Waals surface area contributed by atoms with Gasteiger partial charge in [0, 0.05) is 19.6 Å². The first-order chi connectivity index (χ1) is 7.65. The summed E-state index contributed by atoms with van der Waals surface area (Å²) in [5.41, 5.74) is 1.14. The first kappa shape index (κ1) is 13.5. The number of nitrogens with one attached hydrogen (secondary N) is 1. The lowest BCUT2D eigenvalue weighted by Gasteiger charge is -2.13. The Labute approximate surface area is 102 Å². The first-order valence-corrected chi connectivity index (χ1v) is 6.62. The average Bonchev–Trinajstić information content (AvgIpc) is 2.72. The van der Waals surface area contributed by atoms with Crippen molar-refractivity contribution in [2.24, 2.45) is 0 Å². The van der Waals surface area contributed by atoms with Crippen LogP contribution in [0, 0.1) is 0 Å². The second-order valence-corrected chi connectivity index (χ2v) is 5.15. The van der Waals surface area contributed by atoms with E-state index in [0.717, 1.165) is 31.9 Å². The lowest BCUT2D eigenvalue weighted by Crippen LogP contribution is -2.28. The number of hydrogen-bond acceptors (Lipinski definition) is 5. The molecule has 0 aromatic carbocycles. The van der Waals surface area contributed by atoms with Gasteiger partial charge in [0.2, 0.25) is 0 Å². The highest BCUT2D eigenvalue weighted by atomic mass is 32.1. The smallest absolute Gasteiger partial charge is 0.0826 e. The normalized spacial score (nSPS) is 11.6. The zero-order valence-electron chi connectivity index (χ0n) is 10.7. The van der Waals surface area contributed by atoms with Crippen molar-refractivity contribution in [2.45, 2.75) is 33.2 Å². The minimum Gasteiger partial charge on any atom is -0.310 e. The maximum atomic E-state index is 4.16. The molecule has 0 aliphatic heterocycles. The minimum atomic E-state index is 0.467. The highest BCUT2D eigenvalue weighted by molar-refractivity contribution is 7.05. The summed E-state index contributed by atoms with van der Waals surface area (Å²) in [5.74, 6) is 0.467. The van der Waals surface area contributed by atoms with Gasteiger partial charge >= 0.3 is 0 Å². The number of rotatable bonds is 7. The van der Waals surface area contributed by atoms with Crippen LogP contribution in [-0.2, 0) is 6.54 Å². The molecule has 1 rings (SSSR count). The van der Waals surface area contributed by atoms with E-state index in [0.29, 0.717) is 5.92 Å². The van der Waals surface area contributed by atoms with Crippen molar-refractivity contribution in [2.75, 3.05) is 26.7 Å². The second-order valence-electron chi connectivity index (χ2n) is 4.31. The van der Waals surface area contributed by atoms with Crippen LogP contribution in [0.2, 0.25) is 0 Å². The highest BCUT2D eigenvalue weighted by Crippen LogP contribution is 2.18. The fourth-order valence-corrected chi connectivity index (χ4v) is 2.17. The monoisotopic (exact) mass is 242 g/mol. The molecule has 0 atom stereocenters. The van der Waals surface area contributed by atoms with Crippen LogP contribution in [-0.4, -0.2) is 41.2 Å². The van der Waals surface area contributed by atoms with Gasteiger partial charge in [-0.2, -0.15) is 0 Å². The van der Waals surface area contributed by atoms with Crippen molar-refractivity contribution >= 4 is 11.5 Å². The summed E-state index contributed by atoms with van der Waals surface area (Å²) in [5, 5.41) is 7.60. The van der Waals surface area contributed by atoms with Gasteiger partial charge in [0.25, 0.3) is 0 Å². The van der Waals surface area contributed by atoms with Gasteiger partial charge in [-0.3, -0.25) is 0 Å². The van der Waals surface area contributed by atoms with Crippen molar-refractivity contribution in [1.82, 2.24) is 19.8 Å². The molecular weight excluding hydrogens is 220 g/mol. The first-order valence-electron chi connectivity index (χ1n) is 5.85. The number of likely N-dealkylation sites (N-methyl/N-ethyl adjacent to an activating group) is 1. The number of aromatic nitrogens is 2. The second kappa shape index (κ2) is 6.93. The summed E-state index contributed by atoms with van der Waals surface area (Å²) < 4.78 is 4.01. The van der Waals surface area contributed by atoms with E-state index in [1.165, 1.54) is 16.4 Å². The Morgan fingerprint density at radius 3 is 2.81 bits per heavy atom. The largest absolute Gasteiger partial charge is 0.310 e. The van der Waals surface area contributed by atoms with Gasteiger partial charge in [-0.15, -0.1) is 5.10 Å². The molecule has 0 fully saturated rings. The Balaban J connectivity index is 2.29. The standard InChI is InChI=1S/C11H22N4S/c1-5-15(4)7-6-12-8-10-11(9(2)3)13-14-16-10/h9,12H,5-8H2,1-4H3. The van der Waals surface area contributed by atoms with Crippen LogP contribution < -0.4 is 5.32 Å². The van der Waals surface area contributed by atoms with Crippen LogP contribution in [0.25, 0.3) is 0 Å². The van der Waals surface area contributed by atoms with E-state index in [-0.39, 0.29) is 0 Å². The summed E-state index contributed by atoms with van der Waals surface area (Å²) in [6.45, 7) is 10.6. The fourth-order valence-electron chi connectivity index (χ4n) is 1.41. The topological polar surface area (TPSA) is 41.0 Å². The van der Waals surface area contributed by atoms with Crippen LogP contribution in [0.4, 0.5) is 0 Å². The van der Waals surface area contributed by atoms with Crippen molar-refractivity contribution in [1.29, 1.82) is 0 Å². The summed E-state index contributed by atoms with van der Waals surface area (Å²) in [6.07, 6.45) is 0. The van der Waals surface area contributed by atoms with Crippen LogP contribution in [0.5, 0.6) is 0 Å². The molecule has 0 bridgehead atoms. The molecule has 16 heavy (non-hydrogen) atoms. The van der Waals surface area contributed by atoms with Crippen molar-refractivity contribution in [3.05, 3.63) is 10.6 Å². The van der Waals surface area contributed by atoms with Gasteiger partial charge in [-0.1, -0.05) is 25.3 Å². The van der Waals surface area contributed by atoms with E-state index < -0.39 is 0 Å². The molecule has 0 amide bonds. The van der Waals surface area contributed by atoms with Gasteiger partial charge < -0.3 is 10.2 Å². The molecule has 0 aliphatic rings. The van der Waals surface area contributed by atoms with E-state index in [1.807, 2.05) is 0 Å². The number of hydrogen-bond donors (Lipinski definition) is 1. The molecule has 0 spiro atoms. The predicted octanol–water partition coefficient (Wildman–Crippen LogP) is 1.70. The molecule has 1 aromatic rings. The molecule has 0 saturated carbocycles. The third kappa shape index (κ3) is 4.15. The fraction of sp³-hybridized carbons (Fsp3) is 0.818. The Bertz CT molecular complexity index is 298. The summed E-state index contributed by atoms with van der Waals surface area (Å²) in [6, 6.07) is 0. The maximum absolute atomic E-state index is 4.16. The average molecular weight is 242 g/mol. The zero-order chi connectivity index (χ0) is 12.0. The molecule has 1 N–H and O–H groups in total. The summed E-state index contributed by atoms with van der Waals surface area (Å²) in [7, 11) is 2.13. The Morgan fingerprint density at radius 1 is 1.44 bits per heavy atom. The van der Waals surface area contributed by atoms with Crippen LogP contribution in [0.15, 0.2) is 0 Å². The van der Waals surface area contributed by atoms with Gasteiger partial charge in [0.05, 0.1) is 10.6 Å². The maximum Gasteiger partial charge on any atom is 0.0826 e. The molecule has 4 nitrogen and oxygen atoms in total. The quantitative estimate of drug-likeness (QED) is 0.739. The molecule has 92 valence electrons. The van der Waals surface area contributed by atoms with Gasteiger partial charge in [-0.25, -0.2) is 0 Å². The van der Waals surface area contributed by atoms with E-state index in [2.05, 4.69) is 47.6 Å². The summed E-state index contributed by atoms with van der Waals surface area (Å²) in [4.78, 5) is 3.57. The summed E-state index contributed by atoms with van der Waals surface area (Å²) >= 11 is 1.51. The lowest BCUT2D eigenvalue weighted by molar-refractivity contribution is 0.349. The van der Waals surface area contributed by atoms with Crippen molar-refractivity contribution in [3.8, 4) is 0 Å². The van der Waals surface area contributed by atoms with E-state index in [1.54, 1.807) is 0 Å². The van der Waals surface area contributed by atoms with Crippen molar-refractivity contribution < 1.29 is 0 Å². The molecule has 0 radical (unpaired) electrons. The molecular formula is C11H22N4S. The minimum absolute atomic E-state index is 0.467. The lowest BCUT2D eigenvalue weighted by atomic mass is 10.1. The molecule has 1 aromatic heterocycles. The van der Waals surface area contributed by atoms with Gasteiger partial charge in [0.15, 0.2) is 0 Å². The molecule has 5 heteroatoms. The van der Waals surface area contributed by atoms with Gasteiger partial charge in [-0.05, 0) is 31.0 Å². The van der Waals surface area contributed by atoms with Gasteiger partial charge in [0.1, 0.15) is 0 Å².